The van der Waals surface area contributed by atoms with Gasteiger partial charge in [0.25, 0.3) is 0 Å². The molecule has 1 fully saturated rings. The molecule has 4 nitrogen and oxygen atoms in total. The van der Waals surface area contributed by atoms with Gasteiger partial charge in [-0.05, 0) is 46.6 Å². The summed E-state index contributed by atoms with van der Waals surface area (Å²) in [6, 6.07) is 0.610. The molecule has 0 aliphatic carbocycles. The summed E-state index contributed by atoms with van der Waals surface area (Å²) in [7, 11) is 0. The van der Waals surface area contributed by atoms with E-state index in [0.717, 1.165) is 19.6 Å². The molecular formula is C13H27N3O. The second kappa shape index (κ2) is 5.83. The first-order chi connectivity index (χ1) is 7.78. The molecule has 0 aromatic heterocycles. The predicted octanol–water partition coefficient (Wildman–Crippen LogP) is 0.960. The zero-order valence-electron chi connectivity index (χ0n) is 11.6. The predicted molar refractivity (Wildman–Crippen MR) is 70.7 cm³/mol. The Morgan fingerprint density at radius 1 is 1.53 bits per heavy atom. The molecule has 0 spiro atoms. The fraction of sp³-hybridized carbons (Fsp3) is 0.923. The van der Waals surface area contributed by atoms with E-state index >= 15 is 0 Å². The van der Waals surface area contributed by atoms with Gasteiger partial charge < -0.3 is 16.0 Å². The summed E-state index contributed by atoms with van der Waals surface area (Å²) >= 11 is 0. The molecule has 1 heterocycles. The van der Waals surface area contributed by atoms with Gasteiger partial charge in [-0.2, -0.15) is 0 Å². The highest BCUT2D eigenvalue weighted by molar-refractivity contribution is 5.77. The second-order valence-corrected chi connectivity index (χ2v) is 6.21. The minimum absolute atomic E-state index is 0.0699. The van der Waals surface area contributed by atoms with Crippen molar-refractivity contribution in [1.82, 2.24) is 10.2 Å². The number of nitrogens with two attached hydrogens (primary N) is 1. The van der Waals surface area contributed by atoms with E-state index in [1.54, 1.807) is 0 Å². The molecule has 0 aromatic rings. The van der Waals surface area contributed by atoms with Gasteiger partial charge in [0.05, 0.1) is 0 Å². The van der Waals surface area contributed by atoms with Crippen molar-refractivity contribution >= 4 is 5.91 Å². The topological polar surface area (TPSA) is 58.4 Å². The molecular weight excluding hydrogens is 214 g/mol. The van der Waals surface area contributed by atoms with Gasteiger partial charge in [0.2, 0.25) is 5.91 Å². The average molecular weight is 241 g/mol. The van der Waals surface area contributed by atoms with Crippen LogP contribution in [0.1, 0.15) is 40.5 Å². The molecule has 4 heteroatoms. The molecule has 1 aliphatic rings. The van der Waals surface area contributed by atoms with Gasteiger partial charge in [-0.15, -0.1) is 0 Å². The SMILES string of the molecule is CC(C)N1CCC(CNC(=O)CC(C)(C)N)C1. The summed E-state index contributed by atoms with van der Waals surface area (Å²) in [5.74, 6) is 0.669. The molecule has 1 saturated heterocycles. The van der Waals surface area contributed by atoms with Crippen LogP contribution >= 0.6 is 0 Å². The van der Waals surface area contributed by atoms with Crippen molar-refractivity contribution in [3.63, 3.8) is 0 Å². The largest absolute Gasteiger partial charge is 0.356 e. The maximum absolute atomic E-state index is 11.6. The van der Waals surface area contributed by atoms with Crippen molar-refractivity contribution in [1.29, 1.82) is 0 Å². The van der Waals surface area contributed by atoms with Crippen LogP contribution in [0.3, 0.4) is 0 Å². The summed E-state index contributed by atoms with van der Waals surface area (Å²) in [6.07, 6.45) is 1.58. The molecule has 0 radical (unpaired) electrons. The summed E-state index contributed by atoms with van der Waals surface area (Å²) in [5, 5.41) is 3.00. The first-order valence-corrected chi connectivity index (χ1v) is 6.57. The van der Waals surface area contributed by atoms with E-state index < -0.39 is 5.54 Å². The van der Waals surface area contributed by atoms with E-state index in [0.29, 0.717) is 18.4 Å². The first-order valence-electron chi connectivity index (χ1n) is 6.57. The van der Waals surface area contributed by atoms with Crippen molar-refractivity contribution in [2.75, 3.05) is 19.6 Å². The number of carbonyl (C=O) groups is 1. The summed E-state index contributed by atoms with van der Waals surface area (Å²) in [6.45, 7) is 11.2. The lowest BCUT2D eigenvalue weighted by atomic mass is 10.0. The van der Waals surface area contributed by atoms with Crippen LogP contribution in [0.15, 0.2) is 0 Å². The van der Waals surface area contributed by atoms with Gasteiger partial charge >= 0.3 is 0 Å². The fourth-order valence-corrected chi connectivity index (χ4v) is 2.23. The summed E-state index contributed by atoms with van der Waals surface area (Å²) < 4.78 is 0. The third-order valence-corrected chi connectivity index (χ3v) is 3.25. The molecule has 0 saturated carbocycles. The molecule has 1 atom stereocenters. The van der Waals surface area contributed by atoms with Crippen molar-refractivity contribution in [2.45, 2.75) is 52.1 Å². The number of carbonyl (C=O) groups excluding carboxylic acids is 1. The minimum Gasteiger partial charge on any atom is -0.356 e. The highest BCUT2D eigenvalue weighted by Gasteiger charge is 2.25. The Hall–Kier alpha value is -0.610. The number of nitrogens with zero attached hydrogens (tertiary/aromatic N) is 1. The number of hydrogen-bond donors (Lipinski definition) is 2. The van der Waals surface area contributed by atoms with Gasteiger partial charge in [0.15, 0.2) is 0 Å². The summed E-state index contributed by atoms with van der Waals surface area (Å²) in [5.41, 5.74) is 5.40. The summed E-state index contributed by atoms with van der Waals surface area (Å²) in [4.78, 5) is 14.1. The fourth-order valence-electron chi connectivity index (χ4n) is 2.23. The van der Waals surface area contributed by atoms with Gasteiger partial charge in [0.1, 0.15) is 0 Å². The van der Waals surface area contributed by atoms with E-state index in [2.05, 4.69) is 24.1 Å². The maximum atomic E-state index is 11.6. The Kier molecular flexibility index (Phi) is 4.95. The highest BCUT2D eigenvalue weighted by Crippen LogP contribution is 2.17. The Morgan fingerprint density at radius 3 is 2.65 bits per heavy atom. The quantitative estimate of drug-likeness (QED) is 0.754. The molecule has 1 amide bonds. The molecule has 17 heavy (non-hydrogen) atoms. The van der Waals surface area contributed by atoms with E-state index in [1.807, 2.05) is 13.8 Å². The van der Waals surface area contributed by atoms with E-state index in [4.69, 9.17) is 5.73 Å². The number of rotatable bonds is 5. The van der Waals surface area contributed by atoms with Crippen molar-refractivity contribution in [2.24, 2.45) is 11.7 Å². The van der Waals surface area contributed by atoms with Gasteiger partial charge in [0, 0.05) is 31.1 Å². The number of amides is 1. The second-order valence-electron chi connectivity index (χ2n) is 6.21. The smallest absolute Gasteiger partial charge is 0.221 e. The maximum Gasteiger partial charge on any atom is 0.221 e. The Labute approximate surface area is 105 Å². The van der Waals surface area contributed by atoms with Gasteiger partial charge in [-0.1, -0.05) is 0 Å². The van der Waals surface area contributed by atoms with Crippen molar-refractivity contribution in [3.8, 4) is 0 Å². The monoisotopic (exact) mass is 241 g/mol. The zero-order valence-corrected chi connectivity index (χ0v) is 11.6. The van der Waals surface area contributed by atoms with Crippen LogP contribution in [-0.2, 0) is 4.79 Å². The van der Waals surface area contributed by atoms with Crippen molar-refractivity contribution in [3.05, 3.63) is 0 Å². The average Bonchev–Trinajstić information content (AvgIpc) is 2.60. The standard InChI is InChI=1S/C13H27N3O/c1-10(2)16-6-5-11(9-16)8-15-12(17)7-13(3,4)14/h10-11H,5-9,14H2,1-4H3,(H,15,17). The first kappa shape index (κ1) is 14.5. The van der Waals surface area contributed by atoms with Crippen LogP contribution in [0.25, 0.3) is 0 Å². The molecule has 0 aromatic carbocycles. The lowest BCUT2D eigenvalue weighted by Gasteiger charge is -2.21. The molecule has 1 aliphatic heterocycles. The highest BCUT2D eigenvalue weighted by atomic mass is 16.1. The van der Waals surface area contributed by atoms with E-state index in [9.17, 15) is 4.79 Å². The molecule has 1 rings (SSSR count). The Morgan fingerprint density at radius 2 is 2.18 bits per heavy atom. The van der Waals surface area contributed by atoms with Crippen molar-refractivity contribution < 1.29 is 4.79 Å². The Bertz CT molecular complexity index is 258. The van der Waals surface area contributed by atoms with Gasteiger partial charge in [-0.25, -0.2) is 0 Å². The Balaban J connectivity index is 2.22. The van der Waals surface area contributed by atoms with Gasteiger partial charge in [-0.3, -0.25) is 4.79 Å². The number of nitrogens with one attached hydrogen (secondary N) is 1. The van der Waals surface area contributed by atoms with E-state index in [-0.39, 0.29) is 5.91 Å². The zero-order chi connectivity index (χ0) is 13.1. The van der Waals surface area contributed by atoms with Crippen LogP contribution in [0.4, 0.5) is 0 Å². The lowest BCUT2D eigenvalue weighted by molar-refractivity contribution is -0.122. The normalized spacial score (nSPS) is 22.1. The number of hydrogen-bond acceptors (Lipinski definition) is 3. The minimum atomic E-state index is -0.413. The van der Waals surface area contributed by atoms with Crippen LogP contribution in [0.5, 0.6) is 0 Å². The van der Waals surface area contributed by atoms with Crippen LogP contribution in [-0.4, -0.2) is 42.0 Å². The van der Waals surface area contributed by atoms with Crippen LogP contribution in [0.2, 0.25) is 0 Å². The van der Waals surface area contributed by atoms with E-state index in [1.165, 1.54) is 6.42 Å². The molecule has 0 bridgehead atoms. The third-order valence-electron chi connectivity index (χ3n) is 3.25. The van der Waals surface area contributed by atoms with Crippen LogP contribution < -0.4 is 11.1 Å². The number of likely N-dealkylation sites (tertiary alicyclic amines) is 1. The molecule has 1 unspecified atom stereocenters. The van der Waals surface area contributed by atoms with Crippen LogP contribution in [0, 0.1) is 5.92 Å². The third kappa shape index (κ3) is 5.50. The lowest BCUT2D eigenvalue weighted by Crippen LogP contribution is -2.40. The molecule has 100 valence electrons. The molecule has 3 N–H and O–H groups in total.